The average Bonchev–Trinajstić information content (AvgIpc) is 2.62. The van der Waals surface area contributed by atoms with Gasteiger partial charge in [-0.2, -0.15) is 0 Å². The first-order valence-corrected chi connectivity index (χ1v) is 5.04. The van der Waals surface area contributed by atoms with Crippen molar-refractivity contribution >= 4 is 11.4 Å². The Balaban J connectivity index is 2.53. The van der Waals surface area contributed by atoms with Gasteiger partial charge in [-0.1, -0.05) is 12.1 Å². The van der Waals surface area contributed by atoms with Gasteiger partial charge in [-0.25, -0.2) is 0 Å². The van der Waals surface area contributed by atoms with Gasteiger partial charge in [-0.15, -0.1) is 0 Å². The van der Waals surface area contributed by atoms with Crippen molar-refractivity contribution in [1.29, 1.82) is 0 Å². The smallest absolute Gasteiger partial charge is 0.273 e. The molecule has 2 rings (SSSR count). The minimum Gasteiger partial charge on any atom is -0.289 e. The molecule has 0 N–H and O–H groups in total. The summed E-state index contributed by atoms with van der Waals surface area (Å²) in [7, 11) is 0. The average molecular weight is 204 g/mol. The standard InChI is InChI=1S/C11H12N2O2/c1-2-12-10-7-6-9-8(10)4-3-5-11(9)13(14)15/h3-5H,2,6-7H2,1H3/b12-10+. The van der Waals surface area contributed by atoms with Gasteiger partial charge in [-0.3, -0.25) is 15.1 Å². The zero-order valence-corrected chi connectivity index (χ0v) is 8.56. The monoisotopic (exact) mass is 204 g/mol. The van der Waals surface area contributed by atoms with Crippen LogP contribution in [0.5, 0.6) is 0 Å². The lowest BCUT2D eigenvalue weighted by atomic mass is 10.1. The lowest BCUT2D eigenvalue weighted by molar-refractivity contribution is -0.385. The molecule has 0 bridgehead atoms. The fraction of sp³-hybridized carbons (Fsp3) is 0.364. The van der Waals surface area contributed by atoms with Crippen LogP contribution in [0.1, 0.15) is 24.5 Å². The van der Waals surface area contributed by atoms with E-state index in [9.17, 15) is 10.1 Å². The Morgan fingerprint density at radius 1 is 1.47 bits per heavy atom. The van der Waals surface area contributed by atoms with Crippen LogP contribution in [0.25, 0.3) is 0 Å². The first-order chi connectivity index (χ1) is 7.24. The van der Waals surface area contributed by atoms with E-state index in [1.165, 1.54) is 0 Å². The van der Waals surface area contributed by atoms with Crippen molar-refractivity contribution in [3.8, 4) is 0 Å². The largest absolute Gasteiger partial charge is 0.289 e. The Hall–Kier alpha value is -1.71. The summed E-state index contributed by atoms with van der Waals surface area (Å²) in [6.45, 7) is 2.71. The number of benzene rings is 1. The lowest BCUT2D eigenvalue weighted by Crippen LogP contribution is -1.97. The minimum absolute atomic E-state index is 0.230. The Labute approximate surface area is 87.8 Å². The van der Waals surface area contributed by atoms with Crippen molar-refractivity contribution in [3.63, 3.8) is 0 Å². The zero-order valence-electron chi connectivity index (χ0n) is 8.56. The van der Waals surface area contributed by atoms with Gasteiger partial charge in [0, 0.05) is 29.4 Å². The van der Waals surface area contributed by atoms with Crippen molar-refractivity contribution in [1.82, 2.24) is 0 Å². The molecule has 1 aromatic rings. The Morgan fingerprint density at radius 3 is 2.93 bits per heavy atom. The zero-order chi connectivity index (χ0) is 10.8. The molecule has 0 unspecified atom stereocenters. The summed E-state index contributed by atoms with van der Waals surface area (Å²) in [6, 6.07) is 5.21. The van der Waals surface area contributed by atoms with Crippen LogP contribution in [0, 0.1) is 10.1 Å². The van der Waals surface area contributed by atoms with Crippen molar-refractivity contribution in [2.24, 2.45) is 4.99 Å². The number of hydrogen-bond donors (Lipinski definition) is 0. The molecule has 1 aromatic carbocycles. The second-order valence-corrected chi connectivity index (χ2v) is 3.48. The molecule has 0 saturated carbocycles. The number of hydrogen-bond acceptors (Lipinski definition) is 3. The van der Waals surface area contributed by atoms with Crippen LogP contribution in [0.15, 0.2) is 23.2 Å². The van der Waals surface area contributed by atoms with E-state index in [4.69, 9.17) is 0 Å². The SMILES string of the molecule is CC/N=C1\CCc2c1cccc2[N+](=O)[O-]. The van der Waals surface area contributed by atoms with Crippen molar-refractivity contribution in [2.75, 3.05) is 6.54 Å². The maximum absolute atomic E-state index is 10.8. The lowest BCUT2D eigenvalue weighted by Gasteiger charge is -2.00. The topological polar surface area (TPSA) is 55.5 Å². The van der Waals surface area contributed by atoms with Crippen LogP contribution in [-0.2, 0) is 6.42 Å². The Bertz CT molecular complexity index is 438. The second-order valence-electron chi connectivity index (χ2n) is 3.48. The number of nitro groups is 1. The molecular formula is C11H12N2O2. The van der Waals surface area contributed by atoms with Gasteiger partial charge in [0.1, 0.15) is 0 Å². The fourth-order valence-corrected chi connectivity index (χ4v) is 2.01. The molecule has 1 aliphatic carbocycles. The van der Waals surface area contributed by atoms with E-state index < -0.39 is 0 Å². The van der Waals surface area contributed by atoms with Gasteiger partial charge in [0.2, 0.25) is 0 Å². The quantitative estimate of drug-likeness (QED) is 0.548. The van der Waals surface area contributed by atoms with Gasteiger partial charge in [0.05, 0.1) is 4.92 Å². The van der Waals surface area contributed by atoms with Crippen LogP contribution >= 0.6 is 0 Å². The minimum atomic E-state index is -0.312. The van der Waals surface area contributed by atoms with Gasteiger partial charge in [-0.05, 0) is 19.8 Å². The second kappa shape index (κ2) is 3.81. The molecule has 15 heavy (non-hydrogen) atoms. The first-order valence-electron chi connectivity index (χ1n) is 5.04. The maximum Gasteiger partial charge on any atom is 0.273 e. The van der Waals surface area contributed by atoms with Gasteiger partial charge in [0.25, 0.3) is 5.69 Å². The molecule has 0 aliphatic heterocycles. The molecule has 1 aliphatic rings. The molecule has 0 spiro atoms. The molecule has 0 atom stereocenters. The molecule has 4 heteroatoms. The van der Waals surface area contributed by atoms with Crippen LogP contribution in [-0.4, -0.2) is 17.2 Å². The third-order valence-corrected chi connectivity index (χ3v) is 2.62. The third kappa shape index (κ3) is 1.63. The van der Waals surface area contributed by atoms with Crippen molar-refractivity contribution in [3.05, 3.63) is 39.4 Å². The highest BCUT2D eigenvalue weighted by Gasteiger charge is 2.25. The van der Waals surface area contributed by atoms with Crippen LogP contribution in [0.2, 0.25) is 0 Å². The van der Waals surface area contributed by atoms with Gasteiger partial charge in [0.15, 0.2) is 0 Å². The fourth-order valence-electron chi connectivity index (χ4n) is 2.01. The number of rotatable bonds is 2. The highest BCUT2D eigenvalue weighted by Crippen LogP contribution is 2.30. The van der Waals surface area contributed by atoms with E-state index in [0.717, 1.165) is 36.2 Å². The van der Waals surface area contributed by atoms with Crippen molar-refractivity contribution in [2.45, 2.75) is 19.8 Å². The molecule has 0 radical (unpaired) electrons. The first kappa shape index (κ1) is 9.83. The summed E-state index contributed by atoms with van der Waals surface area (Å²) in [6.07, 6.45) is 1.57. The number of fused-ring (bicyclic) bond motifs is 1. The van der Waals surface area contributed by atoms with E-state index >= 15 is 0 Å². The summed E-state index contributed by atoms with van der Waals surface area (Å²) < 4.78 is 0. The highest BCUT2D eigenvalue weighted by molar-refractivity contribution is 6.05. The Morgan fingerprint density at radius 2 is 2.27 bits per heavy atom. The third-order valence-electron chi connectivity index (χ3n) is 2.62. The predicted molar refractivity (Wildman–Crippen MR) is 58.5 cm³/mol. The maximum atomic E-state index is 10.8. The highest BCUT2D eigenvalue weighted by atomic mass is 16.6. The molecule has 0 aromatic heterocycles. The summed E-state index contributed by atoms with van der Waals surface area (Å²) in [5, 5.41) is 10.8. The van der Waals surface area contributed by atoms with E-state index in [2.05, 4.69) is 4.99 Å². The van der Waals surface area contributed by atoms with Gasteiger partial charge < -0.3 is 0 Å². The van der Waals surface area contributed by atoms with Crippen LogP contribution in [0.3, 0.4) is 0 Å². The summed E-state index contributed by atoms with van der Waals surface area (Å²) in [5.74, 6) is 0. The molecule has 0 amide bonds. The molecule has 78 valence electrons. The van der Waals surface area contributed by atoms with Crippen LogP contribution in [0.4, 0.5) is 5.69 Å². The summed E-state index contributed by atoms with van der Waals surface area (Å²) >= 11 is 0. The molecular weight excluding hydrogens is 192 g/mol. The van der Waals surface area contributed by atoms with Gasteiger partial charge >= 0.3 is 0 Å². The molecule has 0 fully saturated rings. The van der Waals surface area contributed by atoms with E-state index in [-0.39, 0.29) is 10.6 Å². The number of aliphatic imine (C=N–C) groups is 1. The number of nitrogens with zero attached hydrogens (tertiary/aromatic N) is 2. The van der Waals surface area contributed by atoms with Crippen LogP contribution < -0.4 is 0 Å². The summed E-state index contributed by atoms with van der Waals surface area (Å²) in [4.78, 5) is 14.8. The molecule has 0 heterocycles. The van der Waals surface area contributed by atoms with E-state index in [1.807, 2.05) is 13.0 Å². The van der Waals surface area contributed by atoms with Crippen molar-refractivity contribution < 1.29 is 4.92 Å². The van der Waals surface area contributed by atoms with E-state index in [1.54, 1.807) is 12.1 Å². The molecule has 0 saturated heterocycles. The van der Waals surface area contributed by atoms with E-state index in [0.29, 0.717) is 0 Å². The number of nitro benzene ring substituents is 1. The predicted octanol–water partition coefficient (Wildman–Crippen LogP) is 2.35. The normalized spacial score (nSPS) is 16.7. The molecule has 4 nitrogen and oxygen atoms in total. The Kier molecular flexibility index (Phi) is 2.49. The summed E-state index contributed by atoms with van der Waals surface area (Å²) in [5.41, 5.74) is 3.05.